The number of aromatic nitrogens is 1. The van der Waals surface area contributed by atoms with Crippen LogP contribution in [0.1, 0.15) is 54.0 Å². The van der Waals surface area contributed by atoms with Crippen LogP contribution in [0.15, 0.2) is 0 Å². The Morgan fingerprint density at radius 2 is 1.95 bits per heavy atom. The molecule has 1 saturated heterocycles. The molecule has 0 unspecified atom stereocenters. The van der Waals surface area contributed by atoms with E-state index in [4.69, 9.17) is 4.74 Å². The molecule has 2 heterocycles. The maximum absolute atomic E-state index is 12.7. The van der Waals surface area contributed by atoms with E-state index in [1.54, 1.807) is 16.2 Å². The summed E-state index contributed by atoms with van der Waals surface area (Å²) in [6, 6.07) is 0. The fourth-order valence-corrected chi connectivity index (χ4v) is 4.33. The fourth-order valence-electron chi connectivity index (χ4n) is 3.25. The Balaban J connectivity index is 1.67. The molecule has 1 aliphatic heterocycles. The summed E-state index contributed by atoms with van der Waals surface area (Å²) in [7, 11) is 0. The minimum Gasteiger partial charge on any atom is -0.444 e. The topological polar surface area (TPSA) is 59.5 Å². The summed E-state index contributed by atoms with van der Waals surface area (Å²) in [6.45, 7) is 8.69. The zero-order chi connectivity index (χ0) is 16.1. The van der Waals surface area contributed by atoms with E-state index in [9.17, 15) is 9.59 Å². The first-order chi connectivity index (χ1) is 10.2. The SMILES string of the molecule is Cc1nc2c(s1)CC1(CCN(C(=O)OC(C)(C)C)CC1)C2=O. The van der Waals surface area contributed by atoms with Crippen molar-refractivity contribution < 1.29 is 14.3 Å². The number of carbonyl (C=O) groups excluding carboxylic acids is 2. The van der Waals surface area contributed by atoms with E-state index in [0.29, 0.717) is 31.6 Å². The number of amides is 1. The number of piperidine rings is 1. The Hall–Kier alpha value is -1.43. The van der Waals surface area contributed by atoms with Crippen LogP contribution >= 0.6 is 11.3 Å². The van der Waals surface area contributed by atoms with Crippen LogP contribution in [0.3, 0.4) is 0 Å². The van der Waals surface area contributed by atoms with Gasteiger partial charge in [-0.25, -0.2) is 9.78 Å². The highest BCUT2D eigenvalue weighted by atomic mass is 32.1. The minimum atomic E-state index is -0.485. The number of ether oxygens (including phenoxy) is 1. The molecule has 0 saturated carbocycles. The van der Waals surface area contributed by atoms with Gasteiger partial charge in [0.2, 0.25) is 0 Å². The molecule has 0 radical (unpaired) electrons. The number of hydrogen-bond donors (Lipinski definition) is 0. The molecule has 0 aromatic carbocycles. The summed E-state index contributed by atoms with van der Waals surface area (Å²) in [5, 5.41) is 0.958. The third-order valence-electron chi connectivity index (χ3n) is 4.37. The van der Waals surface area contributed by atoms with Crippen molar-refractivity contribution in [1.82, 2.24) is 9.88 Å². The van der Waals surface area contributed by atoms with Crippen LogP contribution in [0.5, 0.6) is 0 Å². The van der Waals surface area contributed by atoms with E-state index in [1.807, 2.05) is 27.7 Å². The second-order valence-corrected chi connectivity index (χ2v) is 8.55. The molecule has 0 N–H and O–H groups in total. The van der Waals surface area contributed by atoms with Gasteiger partial charge in [0.25, 0.3) is 0 Å². The van der Waals surface area contributed by atoms with Gasteiger partial charge in [-0.05, 0) is 47.0 Å². The van der Waals surface area contributed by atoms with Crippen LogP contribution in [-0.2, 0) is 11.2 Å². The highest BCUT2D eigenvalue weighted by molar-refractivity contribution is 7.12. The molecule has 1 aromatic heterocycles. The molecule has 6 heteroatoms. The molecule has 2 aliphatic rings. The summed E-state index contributed by atoms with van der Waals surface area (Å²) in [6.07, 6.45) is 1.91. The first-order valence-corrected chi connectivity index (χ1v) is 8.51. The molecule has 5 nitrogen and oxygen atoms in total. The van der Waals surface area contributed by atoms with Gasteiger partial charge in [0.1, 0.15) is 11.3 Å². The van der Waals surface area contributed by atoms with E-state index in [1.165, 1.54) is 0 Å². The molecule has 1 spiro atoms. The maximum Gasteiger partial charge on any atom is 0.410 e. The number of nitrogens with zero attached hydrogens (tertiary/aromatic N) is 2. The molecule has 1 aliphatic carbocycles. The van der Waals surface area contributed by atoms with Gasteiger partial charge in [-0.15, -0.1) is 11.3 Å². The molecule has 0 bridgehead atoms. The first-order valence-electron chi connectivity index (χ1n) is 7.69. The minimum absolute atomic E-state index is 0.177. The van der Waals surface area contributed by atoms with Crippen LogP contribution in [0.25, 0.3) is 0 Å². The Labute approximate surface area is 134 Å². The second-order valence-electron chi connectivity index (χ2n) is 7.26. The van der Waals surface area contributed by atoms with Crippen molar-refractivity contribution in [2.45, 2.75) is 52.6 Å². The largest absolute Gasteiger partial charge is 0.444 e. The van der Waals surface area contributed by atoms with Gasteiger partial charge in [-0.2, -0.15) is 0 Å². The normalized spacial score (nSPS) is 20.4. The highest BCUT2D eigenvalue weighted by Gasteiger charge is 2.49. The van der Waals surface area contributed by atoms with Crippen LogP contribution in [-0.4, -0.2) is 40.5 Å². The number of carbonyl (C=O) groups is 2. The quantitative estimate of drug-likeness (QED) is 0.736. The van der Waals surface area contributed by atoms with Gasteiger partial charge in [0.05, 0.1) is 5.01 Å². The lowest BCUT2D eigenvalue weighted by atomic mass is 9.75. The van der Waals surface area contributed by atoms with E-state index in [0.717, 1.165) is 16.3 Å². The van der Waals surface area contributed by atoms with Gasteiger partial charge in [0, 0.05) is 23.4 Å². The predicted molar refractivity (Wildman–Crippen MR) is 84.4 cm³/mol. The summed E-state index contributed by atoms with van der Waals surface area (Å²) in [5.41, 5.74) is -0.144. The number of likely N-dealkylation sites (tertiary alicyclic amines) is 1. The van der Waals surface area contributed by atoms with Crippen LogP contribution < -0.4 is 0 Å². The average molecular weight is 322 g/mol. The van der Waals surface area contributed by atoms with Crippen molar-refractivity contribution in [3.63, 3.8) is 0 Å². The molecular formula is C16H22N2O3S. The summed E-state index contributed by atoms with van der Waals surface area (Å²) >= 11 is 1.63. The standard InChI is InChI=1S/C16H22N2O3S/c1-10-17-12-11(22-10)9-16(13(12)19)5-7-18(8-6-16)14(20)21-15(2,3)4/h5-9H2,1-4H3. The third-order valence-corrected chi connectivity index (χ3v) is 5.34. The lowest BCUT2D eigenvalue weighted by molar-refractivity contribution is 0.0114. The van der Waals surface area contributed by atoms with Crippen molar-refractivity contribution in [1.29, 1.82) is 0 Å². The highest BCUT2D eigenvalue weighted by Crippen LogP contribution is 2.46. The summed E-state index contributed by atoms with van der Waals surface area (Å²) < 4.78 is 5.41. The lowest BCUT2D eigenvalue weighted by Crippen LogP contribution is -2.47. The van der Waals surface area contributed by atoms with E-state index in [2.05, 4.69) is 4.98 Å². The lowest BCUT2D eigenvalue weighted by Gasteiger charge is -2.38. The number of hydrogen-bond acceptors (Lipinski definition) is 5. The third kappa shape index (κ3) is 2.64. The van der Waals surface area contributed by atoms with Crippen molar-refractivity contribution in [2.75, 3.05) is 13.1 Å². The Bertz CT molecular complexity index is 622. The number of rotatable bonds is 0. The molecule has 1 amide bonds. The van der Waals surface area contributed by atoms with Gasteiger partial charge in [-0.1, -0.05) is 0 Å². The van der Waals surface area contributed by atoms with E-state index in [-0.39, 0.29) is 17.3 Å². The molecule has 1 aromatic rings. The first kappa shape index (κ1) is 15.5. The number of ketones is 1. The van der Waals surface area contributed by atoms with Gasteiger partial charge >= 0.3 is 6.09 Å². The molecular weight excluding hydrogens is 300 g/mol. The number of Topliss-reactive ketones (excluding diaryl/α,β-unsaturated/α-hetero) is 1. The van der Waals surface area contributed by atoms with Crippen LogP contribution in [0.4, 0.5) is 4.79 Å². The molecule has 3 rings (SSSR count). The van der Waals surface area contributed by atoms with Gasteiger partial charge in [0.15, 0.2) is 5.78 Å². The molecule has 0 atom stereocenters. The van der Waals surface area contributed by atoms with Crippen molar-refractivity contribution in [3.8, 4) is 0 Å². The van der Waals surface area contributed by atoms with Crippen molar-refractivity contribution in [2.24, 2.45) is 5.41 Å². The number of thiazole rings is 1. The Morgan fingerprint density at radius 3 is 2.50 bits per heavy atom. The fraction of sp³-hybridized carbons (Fsp3) is 0.688. The summed E-state index contributed by atoms with van der Waals surface area (Å²) in [4.78, 5) is 32.0. The maximum atomic E-state index is 12.7. The molecule has 22 heavy (non-hydrogen) atoms. The van der Waals surface area contributed by atoms with Crippen LogP contribution in [0, 0.1) is 12.3 Å². The smallest absolute Gasteiger partial charge is 0.410 e. The van der Waals surface area contributed by atoms with Gasteiger partial charge in [-0.3, -0.25) is 4.79 Å². The summed E-state index contributed by atoms with van der Waals surface area (Å²) in [5.74, 6) is 0.177. The molecule has 120 valence electrons. The monoisotopic (exact) mass is 322 g/mol. The number of aryl methyl sites for hydroxylation is 1. The van der Waals surface area contributed by atoms with Crippen molar-refractivity contribution >= 4 is 23.2 Å². The zero-order valence-corrected chi connectivity index (χ0v) is 14.4. The zero-order valence-electron chi connectivity index (χ0n) is 13.6. The van der Waals surface area contributed by atoms with Crippen LogP contribution in [0.2, 0.25) is 0 Å². The average Bonchev–Trinajstić information content (AvgIpc) is 2.86. The van der Waals surface area contributed by atoms with E-state index < -0.39 is 5.60 Å². The predicted octanol–water partition coefficient (Wildman–Crippen LogP) is 3.21. The Kier molecular flexibility index (Phi) is 3.55. The van der Waals surface area contributed by atoms with Crippen molar-refractivity contribution in [3.05, 3.63) is 15.6 Å². The van der Waals surface area contributed by atoms with E-state index >= 15 is 0 Å². The Morgan fingerprint density at radius 1 is 1.32 bits per heavy atom. The second kappa shape index (κ2) is 5.05. The number of fused-ring (bicyclic) bond motifs is 1. The van der Waals surface area contributed by atoms with Gasteiger partial charge < -0.3 is 9.64 Å². The molecule has 1 fully saturated rings.